The molecule has 5 atom stereocenters. The number of carbonyl (C=O) groups is 3. The average molecular weight is 616 g/mol. The highest BCUT2D eigenvalue weighted by molar-refractivity contribution is 8.02. The van der Waals surface area contributed by atoms with E-state index < -0.39 is 22.6 Å². The second kappa shape index (κ2) is 13.2. The van der Waals surface area contributed by atoms with Crippen LogP contribution >= 0.6 is 11.8 Å². The first-order chi connectivity index (χ1) is 21.5. The number of carbonyl (C=O) groups excluding carboxylic acids is 3. The van der Waals surface area contributed by atoms with E-state index in [1.807, 2.05) is 78.6 Å². The quantitative estimate of drug-likeness (QED) is 0.297. The van der Waals surface area contributed by atoms with Crippen LogP contribution in [0.25, 0.3) is 0 Å². The number of hydrogen-bond acceptors (Lipinski definition) is 6. The molecule has 232 valence electrons. The van der Waals surface area contributed by atoms with Gasteiger partial charge in [0.25, 0.3) is 0 Å². The van der Waals surface area contributed by atoms with Crippen LogP contribution in [0.2, 0.25) is 0 Å². The van der Waals surface area contributed by atoms with E-state index in [1.54, 1.807) is 21.6 Å². The smallest absolute Gasteiger partial charge is 0.247 e. The van der Waals surface area contributed by atoms with Crippen molar-refractivity contribution in [3.63, 3.8) is 0 Å². The van der Waals surface area contributed by atoms with Crippen molar-refractivity contribution in [3.05, 3.63) is 84.5 Å². The van der Waals surface area contributed by atoms with Gasteiger partial charge in [-0.3, -0.25) is 14.4 Å². The third-order valence-corrected chi connectivity index (χ3v) is 11.0. The zero-order valence-corrected chi connectivity index (χ0v) is 26.0. The molecule has 0 bridgehead atoms. The molecule has 8 nitrogen and oxygen atoms in total. The molecule has 0 saturated carbocycles. The van der Waals surface area contributed by atoms with E-state index in [1.165, 1.54) is 0 Å². The second-order valence-electron chi connectivity index (χ2n) is 11.9. The number of likely N-dealkylation sites (tertiary alicyclic amines) is 1. The summed E-state index contributed by atoms with van der Waals surface area (Å²) in [7, 11) is 0. The van der Waals surface area contributed by atoms with Crippen molar-refractivity contribution in [1.82, 2.24) is 9.80 Å². The van der Waals surface area contributed by atoms with Gasteiger partial charge in [-0.1, -0.05) is 67.5 Å². The molecule has 9 heteroatoms. The van der Waals surface area contributed by atoms with Crippen molar-refractivity contribution in [2.45, 2.75) is 55.2 Å². The van der Waals surface area contributed by atoms with Gasteiger partial charge in [-0.25, -0.2) is 0 Å². The molecule has 0 aromatic heterocycles. The van der Waals surface area contributed by atoms with Gasteiger partial charge in [0, 0.05) is 43.7 Å². The maximum atomic E-state index is 14.5. The molecule has 2 fully saturated rings. The first-order valence-electron chi connectivity index (χ1n) is 15.8. The molecule has 44 heavy (non-hydrogen) atoms. The lowest BCUT2D eigenvalue weighted by molar-refractivity contribution is -0.143. The lowest BCUT2D eigenvalue weighted by Crippen LogP contribution is -2.53. The fourth-order valence-corrected chi connectivity index (χ4v) is 9.24. The minimum atomic E-state index is -0.831. The second-order valence-corrected chi connectivity index (χ2v) is 13.4. The average Bonchev–Trinajstić information content (AvgIpc) is 3.35. The SMILES string of the molecule is CCOc1ccc(N2CC=C[C@@H]3S[C@]45C=CCN(Cc6ccccc6)C(=O)C4N(CCCCCCO)C(=O)[C@@H]5[C@@H]3C2=O)cc1. The Morgan fingerprint density at radius 2 is 1.68 bits per heavy atom. The van der Waals surface area contributed by atoms with E-state index in [-0.39, 0.29) is 29.6 Å². The highest BCUT2D eigenvalue weighted by Crippen LogP contribution is 2.61. The summed E-state index contributed by atoms with van der Waals surface area (Å²) in [5, 5.41) is 9.01. The molecule has 4 aliphatic rings. The van der Waals surface area contributed by atoms with Gasteiger partial charge in [-0.2, -0.15) is 0 Å². The molecule has 1 N–H and O–H groups in total. The zero-order valence-electron chi connectivity index (χ0n) is 25.2. The predicted molar refractivity (Wildman–Crippen MR) is 172 cm³/mol. The van der Waals surface area contributed by atoms with E-state index in [9.17, 15) is 19.5 Å². The van der Waals surface area contributed by atoms with E-state index >= 15 is 0 Å². The zero-order chi connectivity index (χ0) is 30.7. The van der Waals surface area contributed by atoms with Crippen LogP contribution in [-0.4, -0.2) is 81.5 Å². The number of thioether (sulfide) groups is 1. The van der Waals surface area contributed by atoms with Crippen molar-refractivity contribution < 1.29 is 24.2 Å². The number of benzene rings is 2. The molecule has 0 aliphatic carbocycles. The largest absolute Gasteiger partial charge is 0.494 e. The molecular weight excluding hydrogens is 574 g/mol. The lowest BCUT2D eigenvalue weighted by Gasteiger charge is -2.35. The number of anilines is 1. The fraction of sp³-hybridized carbons (Fsp3) is 0.457. The van der Waals surface area contributed by atoms with Crippen molar-refractivity contribution in [2.75, 3.05) is 37.7 Å². The van der Waals surface area contributed by atoms with Gasteiger partial charge in [0.15, 0.2) is 0 Å². The number of unbranched alkanes of at least 4 members (excludes halogenated alkanes) is 3. The van der Waals surface area contributed by atoms with Crippen LogP contribution in [0.15, 0.2) is 78.9 Å². The van der Waals surface area contributed by atoms with Crippen LogP contribution in [0.3, 0.4) is 0 Å². The third kappa shape index (κ3) is 5.56. The Balaban J connectivity index is 1.33. The first kappa shape index (κ1) is 30.5. The Kier molecular flexibility index (Phi) is 9.14. The Morgan fingerprint density at radius 1 is 0.909 bits per heavy atom. The molecule has 4 aliphatic heterocycles. The van der Waals surface area contributed by atoms with Crippen LogP contribution in [0.5, 0.6) is 5.75 Å². The molecule has 1 spiro atoms. The van der Waals surface area contributed by atoms with Crippen LogP contribution < -0.4 is 9.64 Å². The predicted octanol–water partition coefficient (Wildman–Crippen LogP) is 4.44. The Hall–Kier alpha value is -3.56. The number of aliphatic hydroxyl groups is 1. The summed E-state index contributed by atoms with van der Waals surface area (Å²) in [4.78, 5) is 48.9. The molecule has 1 unspecified atom stereocenters. The van der Waals surface area contributed by atoms with Gasteiger partial charge in [-0.15, -0.1) is 11.8 Å². The van der Waals surface area contributed by atoms with Gasteiger partial charge in [0.05, 0.1) is 23.2 Å². The summed E-state index contributed by atoms with van der Waals surface area (Å²) in [6.07, 6.45) is 11.4. The number of nitrogens with zero attached hydrogens (tertiary/aromatic N) is 3. The van der Waals surface area contributed by atoms with Gasteiger partial charge >= 0.3 is 0 Å². The van der Waals surface area contributed by atoms with Gasteiger partial charge in [-0.05, 0) is 49.6 Å². The summed E-state index contributed by atoms with van der Waals surface area (Å²) in [6.45, 7) is 4.43. The molecule has 6 rings (SSSR count). The Morgan fingerprint density at radius 3 is 2.43 bits per heavy atom. The monoisotopic (exact) mass is 615 g/mol. The lowest BCUT2D eigenvalue weighted by atomic mass is 9.78. The van der Waals surface area contributed by atoms with E-state index in [2.05, 4.69) is 12.2 Å². The Labute approximate surface area is 263 Å². The molecule has 0 radical (unpaired) electrons. The van der Waals surface area contributed by atoms with E-state index in [0.717, 1.165) is 42.7 Å². The minimum absolute atomic E-state index is 0.0613. The highest BCUT2D eigenvalue weighted by atomic mass is 32.2. The number of fused-ring (bicyclic) bond motifs is 2. The van der Waals surface area contributed by atoms with E-state index in [4.69, 9.17) is 4.74 Å². The number of hydrogen-bond donors (Lipinski definition) is 1. The molecule has 2 aromatic carbocycles. The summed E-state index contributed by atoms with van der Waals surface area (Å²) in [5.74, 6) is -0.731. The summed E-state index contributed by atoms with van der Waals surface area (Å²) < 4.78 is 4.77. The van der Waals surface area contributed by atoms with Crippen molar-refractivity contribution in [1.29, 1.82) is 0 Å². The number of ether oxygens (including phenoxy) is 1. The molecule has 2 saturated heterocycles. The highest BCUT2D eigenvalue weighted by Gasteiger charge is 2.70. The maximum absolute atomic E-state index is 14.5. The number of amides is 3. The van der Waals surface area contributed by atoms with Crippen LogP contribution in [0.4, 0.5) is 5.69 Å². The normalized spacial score (nSPS) is 27.7. The standard InChI is InChI=1S/C35H41N3O5S/c1-2-43-27-17-15-26(16-18-27)37-22-10-14-28-29(32(37)40)30-33(41)38(21-8-3-4-9-23-39)31-34(42)36(20-11-19-35(30,31)44-28)24-25-12-6-5-7-13-25/h5-7,10-19,28-31,39H,2-4,8-9,20-24H2,1H3/t28-,29+,30-,31?,35-/m0/s1. The molecule has 3 amide bonds. The van der Waals surface area contributed by atoms with Gasteiger partial charge < -0.3 is 24.5 Å². The van der Waals surface area contributed by atoms with Gasteiger partial charge in [0.2, 0.25) is 17.7 Å². The molecular formula is C35H41N3O5S. The molecule has 2 aromatic rings. The summed E-state index contributed by atoms with van der Waals surface area (Å²) in [5.41, 5.74) is 1.80. The number of rotatable bonds is 11. The Bertz CT molecular complexity index is 1410. The van der Waals surface area contributed by atoms with Crippen molar-refractivity contribution in [3.8, 4) is 5.75 Å². The van der Waals surface area contributed by atoms with Crippen LogP contribution in [0.1, 0.15) is 38.2 Å². The summed E-state index contributed by atoms with van der Waals surface area (Å²) in [6, 6.07) is 16.8. The minimum Gasteiger partial charge on any atom is -0.494 e. The van der Waals surface area contributed by atoms with Crippen molar-refractivity contribution in [2.24, 2.45) is 11.8 Å². The molecule has 4 heterocycles. The summed E-state index contributed by atoms with van der Waals surface area (Å²) >= 11 is 1.62. The fourth-order valence-electron chi connectivity index (χ4n) is 7.24. The topological polar surface area (TPSA) is 90.4 Å². The van der Waals surface area contributed by atoms with Crippen molar-refractivity contribution >= 4 is 35.2 Å². The van der Waals surface area contributed by atoms with E-state index in [0.29, 0.717) is 32.8 Å². The maximum Gasteiger partial charge on any atom is 0.247 e. The van der Waals surface area contributed by atoms with Gasteiger partial charge in [0.1, 0.15) is 11.8 Å². The third-order valence-electron chi connectivity index (χ3n) is 9.22. The number of aliphatic hydroxyl groups excluding tert-OH is 1. The first-order valence-corrected chi connectivity index (χ1v) is 16.7. The van der Waals surface area contributed by atoms with Crippen LogP contribution in [-0.2, 0) is 20.9 Å². The van der Waals surface area contributed by atoms with Crippen LogP contribution in [0, 0.1) is 11.8 Å².